The molecule has 2 saturated heterocycles. The fraction of sp³-hybridized carbons (Fsp3) is 0.733. The number of ether oxygens (including phenoxy) is 1. The molecule has 1 aromatic rings. The molecule has 0 aliphatic carbocycles. The molecule has 3 rings (SSSR count). The summed E-state index contributed by atoms with van der Waals surface area (Å²) in [6.45, 7) is 8.00. The minimum Gasteiger partial charge on any atom is -0.371 e. The van der Waals surface area contributed by atoms with Gasteiger partial charge in [-0.1, -0.05) is 0 Å². The van der Waals surface area contributed by atoms with Crippen molar-refractivity contribution in [3.63, 3.8) is 0 Å². The summed E-state index contributed by atoms with van der Waals surface area (Å²) >= 11 is 0. The van der Waals surface area contributed by atoms with Gasteiger partial charge in [-0.3, -0.25) is 9.48 Å². The van der Waals surface area contributed by atoms with Crippen LogP contribution < -0.4 is 5.32 Å². The van der Waals surface area contributed by atoms with Gasteiger partial charge < -0.3 is 15.0 Å². The van der Waals surface area contributed by atoms with E-state index in [1.807, 2.05) is 21.8 Å². The zero-order valence-electron chi connectivity index (χ0n) is 12.8. The monoisotopic (exact) mass is 292 g/mol. The van der Waals surface area contributed by atoms with Crippen molar-refractivity contribution in [2.45, 2.75) is 38.3 Å². The number of carbonyl (C=O) groups is 1. The summed E-state index contributed by atoms with van der Waals surface area (Å²) in [6.07, 6.45) is 3.81. The highest BCUT2D eigenvalue weighted by Crippen LogP contribution is 2.28. The summed E-state index contributed by atoms with van der Waals surface area (Å²) in [7, 11) is 0. The van der Waals surface area contributed by atoms with Gasteiger partial charge >= 0.3 is 0 Å². The zero-order chi connectivity index (χ0) is 14.9. The quantitative estimate of drug-likeness (QED) is 0.885. The molecule has 0 bridgehead atoms. The highest BCUT2D eigenvalue weighted by molar-refractivity contribution is 5.92. The minimum atomic E-state index is -0.153. The molecule has 6 heteroatoms. The van der Waals surface area contributed by atoms with E-state index in [4.69, 9.17) is 4.74 Å². The van der Waals surface area contributed by atoms with Crippen LogP contribution in [0.2, 0.25) is 0 Å². The number of aromatic nitrogens is 2. The smallest absolute Gasteiger partial charge is 0.274 e. The third-order valence-electron chi connectivity index (χ3n) is 4.41. The molecule has 1 amide bonds. The van der Waals surface area contributed by atoms with Gasteiger partial charge in [0.1, 0.15) is 5.69 Å². The summed E-state index contributed by atoms with van der Waals surface area (Å²) in [5.41, 5.74) is 0.384. The van der Waals surface area contributed by atoms with Crippen LogP contribution in [0.5, 0.6) is 0 Å². The van der Waals surface area contributed by atoms with Crippen molar-refractivity contribution in [3.8, 4) is 0 Å². The van der Waals surface area contributed by atoms with Crippen LogP contribution in [0.25, 0.3) is 0 Å². The second-order valence-corrected chi connectivity index (χ2v) is 6.28. The predicted molar refractivity (Wildman–Crippen MR) is 79.3 cm³/mol. The van der Waals surface area contributed by atoms with Gasteiger partial charge in [-0.25, -0.2) is 0 Å². The Morgan fingerprint density at radius 1 is 1.43 bits per heavy atom. The predicted octanol–water partition coefficient (Wildman–Crippen LogP) is 1.06. The molecule has 0 atom stereocenters. The number of nitrogens with one attached hydrogen (secondary N) is 1. The molecule has 0 unspecified atom stereocenters. The molecule has 2 fully saturated rings. The molecular formula is C15H24N4O2. The highest BCUT2D eigenvalue weighted by Gasteiger charge is 2.39. The number of carbonyl (C=O) groups excluding carboxylic acids is 1. The first-order valence-electron chi connectivity index (χ1n) is 7.79. The van der Waals surface area contributed by atoms with Crippen LogP contribution in [0.3, 0.4) is 0 Å². The Hall–Kier alpha value is -1.40. The molecule has 0 radical (unpaired) electrons. The van der Waals surface area contributed by atoms with E-state index in [1.54, 1.807) is 0 Å². The van der Waals surface area contributed by atoms with Gasteiger partial charge in [0.05, 0.1) is 18.8 Å². The van der Waals surface area contributed by atoms with E-state index in [0.29, 0.717) is 25.4 Å². The van der Waals surface area contributed by atoms with Gasteiger partial charge in [-0.05, 0) is 45.8 Å². The first-order valence-corrected chi connectivity index (χ1v) is 7.79. The van der Waals surface area contributed by atoms with Crippen molar-refractivity contribution in [1.29, 1.82) is 0 Å². The van der Waals surface area contributed by atoms with Gasteiger partial charge in [0.15, 0.2) is 0 Å². The van der Waals surface area contributed by atoms with Crippen LogP contribution in [0.15, 0.2) is 12.3 Å². The summed E-state index contributed by atoms with van der Waals surface area (Å²) in [5.74, 6) is 0.0237. The largest absolute Gasteiger partial charge is 0.371 e. The lowest BCUT2D eigenvalue weighted by atomic mass is 9.90. The van der Waals surface area contributed by atoms with Gasteiger partial charge in [0.25, 0.3) is 5.91 Å². The number of hydrogen-bond acceptors (Lipinski definition) is 4. The van der Waals surface area contributed by atoms with E-state index in [1.165, 1.54) is 0 Å². The molecule has 2 aliphatic rings. The van der Waals surface area contributed by atoms with E-state index in [0.717, 1.165) is 25.9 Å². The first-order chi connectivity index (χ1) is 10.1. The van der Waals surface area contributed by atoms with Crippen molar-refractivity contribution < 1.29 is 9.53 Å². The second kappa shape index (κ2) is 5.77. The molecule has 21 heavy (non-hydrogen) atoms. The van der Waals surface area contributed by atoms with Crippen molar-refractivity contribution in [2.75, 3.05) is 32.8 Å². The number of nitrogens with zero attached hydrogens (tertiary/aromatic N) is 3. The van der Waals surface area contributed by atoms with E-state index in [9.17, 15) is 4.79 Å². The minimum absolute atomic E-state index is 0.0237. The van der Waals surface area contributed by atoms with E-state index < -0.39 is 0 Å². The van der Waals surface area contributed by atoms with Gasteiger partial charge in [-0.15, -0.1) is 0 Å². The molecule has 1 aromatic heterocycles. The zero-order valence-corrected chi connectivity index (χ0v) is 12.8. The van der Waals surface area contributed by atoms with Gasteiger partial charge in [-0.2, -0.15) is 5.10 Å². The Kier molecular flexibility index (Phi) is 3.99. The van der Waals surface area contributed by atoms with Crippen LogP contribution in [0, 0.1) is 0 Å². The summed E-state index contributed by atoms with van der Waals surface area (Å²) in [5, 5.41) is 7.74. The Balaban J connectivity index is 1.71. The fourth-order valence-corrected chi connectivity index (χ4v) is 3.10. The molecule has 6 nitrogen and oxygen atoms in total. The molecular weight excluding hydrogens is 268 g/mol. The maximum absolute atomic E-state index is 12.6. The number of hydrogen-bond donors (Lipinski definition) is 1. The standard InChI is InChI=1S/C15H24N4O2/c1-12(2)19-8-3-13(17-19)14(20)18-9-10-21-15(11-18)4-6-16-7-5-15/h3,8,12,16H,4-7,9-11H2,1-2H3. The maximum Gasteiger partial charge on any atom is 0.274 e. The summed E-state index contributed by atoms with van der Waals surface area (Å²) < 4.78 is 7.83. The van der Waals surface area contributed by atoms with Crippen molar-refractivity contribution in [1.82, 2.24) is 20.0 Å². The number of rotatable bonds is 2. The maximum atomic E-state index is 12.6. The summed E-state index contributed by atoms with van der Waals surface area (Å²) in [4.78, 5) is 14.5. The second-order valence-electron chi connectivity index (χ2n) is 6.28. The molecule has 116 valence electrons. The lowest BCUT2D eigenvalue weighted by Gasteiger charge is -2.44. The van der Waals surface area contributed by atoms with E-state index >= 15 is 0 Å². The average Bonchev–Trinajstić information content (AvgIpc) is 2.97. The molecule has 0 saturated carbocycles. The molecule has 1 spiro atoms. The molecule has 1 N–H and O–H groups in total. The normalized spacial score (nSPS) is 22.0. The third kappa shape index (κ3) is 2.96. The number of piperidine rings is 1. The van der Waals surface area contributed by atoms with Crippen LogP contribution in [0.4, 0.5) is 0 Å². The lowest BCUT2D eigenvalue weighted by molar-refractivity contribution is -0.114. The topological polar surface area (TPSA) is 59.4 Å². The number of amides is 1. The Labute approximate surface area is 125 Å². The van der Waals surface area contributed by atoms with Crippen LogP contribution in [-0.2, 0) is 4.74 Å². The Morgan fingerprint density at radius 3 is 2.86 bits per heavy atom. The van der Waals surface area contributed by atoms with E-state index in [-0.39, 0.29) is 17.6 Å². The van der Waals surface area contributed by atoms with Crippen molar-refractivity contribution >= 4 is 5.91 Å². The third-order valence-corrected chi connectivity index (χ3v) is 4.41. The molecule has 2 aliphatic heterocycles. The SMILES string of the molecule is CC(C)n1ccc(C(=O)N2CCOC3(CCNCC3)C2)n1. The van der Waals surface area contributed by atoms with Crippen LogP contribution >= 0.6 is 0 Å². The van der Waals surface area contributed by atoms with Crippen LogP contribution in [0.1, 0.15) is 43.2 Å². The van der Waals surface area contributed by atoms with Crippen molar-refractivity contribution in [3.05, 3.63) is 18.0 Å². The summed E-state index contributed by atoms with van der Waals surface area (Å²) in [6, 6.07) is 2.08. The molecule has 0 aromatic carbocycles. The number of morpholine rings is 1. The van der Waals surface area contributed by atoms with Crippen molar-refractivity contribution in [2.24, 2.45) is 0 Å². The van der Waals surface area contributed by atoms with Gasteiger partial charge in [0, 0.05) is 18.8 Å². The highest BCUT2D eigenvalue weighted by atomic mass is 16.5. The Morgan fingerprint density at radius 2 is 2.19 bits per heavy atom. The average molecular weight is 292 g/mol. The Bertz CT molecular complexity index is 500. The van der Waals surface area contributed by atoms with Gasteiger partial charge in [0.2, 0.25) is 0 Å². The molecule has 3 heterocycles. The lowest BCUT2D eigenvalue weighted by Crippen LogP contribution is -2.57. The fourth-order valence-electron chi connectivity index (χ4n) is 3.10. The first kappa shape index (κ1) is 14.5. The van der Waals surface area contributed by atoms with E-state index in [2.05, 4.69) is 24.3 Å². The van der Waals surface area contributed by atoms with Crippen LogP contribution in [-0.4, -0.2) is 59.0 Å².